The van der Waals surface area contributed by atoms with E-state index in [9.17, 15) is 0 Å². The number of fused-ring (bicyclic) bond motifs is 7. The van der Waals surface area contributed by atoms with Crippen molar-refractivity contribution in [3.05, 3.63) is 83.3 Å². The van der Waals surface area contributed by atoms with E-state index in [1.165, 1.54) is 21.9 Å². The molecule has 6 rings (SSSR count). The summed E-state index contributed by atoms with van der Waals surface area (Å²) in [4.78, 5) is 3.65. The Kier molecular flexibility index (Phi) is 3.06. The molecule has 0 aliphatic carbocycles. The molecule has 4 aromatic carbocycles. The lowest BCUT2D eigenvalue weighted by atomic mass is 9.97. The summed E-state index contributed by atoms with van der Waals surface area (Å²) in [6, 6.07) is 27.4. The molecular formula is C24H14BrNO. The van der Waals surface area contributed by atoms with Crippen molar-refractivity contribution in [2.45, 2.75) is 0 Å². The Balaban J connectivity index is 1.88. The molecule has 0 aliphatic heterocycles. The Morgan fingerprint density at radius 1 is 0.704 bits per heavy atom. The minimum atomic E-state index is 0.910. The zero-order chi connectivity index (χ0) is 18.0. The average molecular weight is 412 g/mol. The van der Waals surface area contributed by atoms with Crippen molar-refractivity contribution >= 4 is 59.7 Å². The second-order valence-electron chi connectivity index (χ2n) is 6.82. The molecule has 0 radical (unpaired) electrons. The molecule has 2 nitrogen and oxygen atoms in total. The number of furan rings is 1. The highest BCUT2D eigenvalue weighted by Gasteiger charge is 2.18. The maximum atomic E-state index is 6.21. The molecule has 0 atom stereocenters. The van der Waals surface area contributed by atoms with Crippen molar-refractivity contribution in [3.8, 4) is 11.1 Å². The van der Waals surface area contributed by atoms with Gasteiger partial charge in [0.1, 0.15) is 11.2 Å². The van der Waals surface area contributed by atoms with Gasteiger partial charge >= 0.3 is 0 Å². The number of hydrogen-bond acceptors (Lipinski definition) is 1. The zero-order valence-electron chi connectivity index (χ0n) is 14.3. The van der Waals surface area contributed by atoms with E-state index in [-0.39, 0.29) is 0 Å². The van der Waals surface area contributed by atoms with Gasteiger partial charge in [0.25, 0.3) is 0 Å². The predicted octanol–water partition coefficient (Wildman–Crippen LogP) is 7.65. The molecule has 0 fully saturated rings. The van der Waals surface area contributed by atoms with Gasteiger partial charge in [-0.2, -0.15) is 0 Å². The average Bonchev–Trinajstić information content (AvgIpc) is 3.26. The van der Waals surface area contributed by atoms with E-state index in [4.69, 9.17) is 4.42 Å². The summed E-state index contributed by atoms with van der Waals surface area (Å²) >= 11 is 3.54. The molecule has 2 heterocycles. The van der Waals surface area contributed by atoms with Crippen LogP contribution in [0.1, 0.15) is 0 Å². The van der Waals surface area contributed by atoms with Crippen LogP contribution in [0.4, 0.5) is 0 Å². The third-order valence-corrected chi connectivity index (χ3v) is 5.81. The topological polar surface area (TPSA) is 28.9 Å². The van der Waals surface area contributed by atoms with Gasteiger partial charge < -0.3 is 9.40 Å². The number of benzene rings is 4. The third-order valence-electron chi connectivity index (χ3n) is 5.28. The van der Waals surface area contributed by atoms with E-state index >= 15 is 0 Å². The molecule has 0 amide bonds. The van der Waals surface area contributed by atoms with Crippen LogP contribution in [0.25, 0.3) is 54.9 Å². The summed E-state index contributed by atoms with van der Waals surface area (Å²) in [5.74, 6) is 0. The maximum absolute atomic E-state index is 6.21. The van der Waals surface area contributed by atoms with Crippen molar-refractivity contribution in [1.29, 1.82) is 0 Å². The normalized spacial score (nSPS) is 11.9. The Hall–Kier alpha value is -3.04. The van der Waals surface area contributed by atoms with Crippen molar-refractivity contribution in [2.75, 3.05) is 0 Å². The predicted molar refractivity (Wildman–Crippen MR) is 116 cm³/mol. The van der Waals surface area contributed by atoms with Crippen LogP contribution in [0, 0.1) is 0 Å². The lowest BCUT2D eigenvalue weighted by Crippen LogP contribution is -1.81. The van der Waals surface area contributed by atoms with Crippen LogP contribution in [0.2, 0.25) is 0 Å². The van der Waals surface area contributed by atoms with Crippen LogP contribution < -0.4 is 0 Å². The van der Waals surface area contributed by atoms with E-state index in [0.29, 0.717) is 0 Å². The van der Waals surface area contributed by atoms with Crippen molar-refractivity contribution in [2.24, 2.45) is 0 Å². The second-order valence-corrected chi connectivity index (χ2v) is 7.74. The van der Waals surface area contributed by atoms with Gasteiger partial charge in [-0.3, -0.25) is 0 Å². The molecule has 27 heavy (non-hydrogen) atoms. The van der Waals surface area contributed by atoms with Crippen LogP contribution in [0.3, 0.4) is 0 Å². The maximum Gasteiger partial charge on any atom is 0.138 e. The number of para-hydroxylation sites is 2. The van der Waals surface area contributed by atoms with Gasteiger partial charge in [-0.15, -0.1) is 0 Å². The first-order valence-corrected chi connectivity index (χ1v) is 9.69. The van der Waals surface area contributed by atoms with Gasteiger partial charge in [0.2, 0.25) is 0 Å². The number of halogens is 1. The standard InChI is InChI=1S/C24H14BrNO/c25-15-11-9-14(10-12-15)18-13-21-23(17-6-2-4-8-20(17)27-21)24-22(18)16-5-1-3-7-19(16)26-24/h1-13,26H. The highest BCUT2D eigenvalue weighted by molar-refractivity contribution is 9.10. The largest absolute Gasteiger partial charge is 0.456 e. The highest BCUT2D eigenvalue weighted by atomic mass is 79.9. The first-order valence-electron chi connectivity index (χ1n) is 8.90. The molecule has 128 valence electrons. The molecule has 0 saturated carbocycles. The number of H-pyrrole nitrogens is 1. The van der Waals surface area contributed by atoms with Crippen LogP contribution in [-0.4, -0.2) is 4.98 Å². The lowest BCUT2D eigenvalue weighted by Gasteiger charge is -2.06. The van der Waals surface area contributed by atoms with Gasteiger partial charge in [-0.25, -0.2) is 0 Å². The van der Waals surface area contributed by atoms with Crippen molar-refractivity contribution < 1.29 is 4.42 Å². The number of rotatable bonds is 1. The van der Waals surface area contributed by atoms with Crippen LogP contribution in [-0.2, 0) is 0 Å². The SMILES string of the molecule is Brc1ccc(-c2cc3oc4ccccc4c3c3[nH]c4ccccc4c23)cc1. The second kappa shape index (κ2) is 5.48. The van der Waals surface area contributed by atoms with Gasteiger partial charge in [-0.1, -0.05) is 64.5 Å². The molecule has 0 spiro atoms. The van der Waals surface area contributed by atoms with Gasteiger partial charge in [-0.05, 0) is 41.5 Å². The monoisotopic (exact) mass is 411 g/mol. The molecule has 6 aromatic rings. The molecule has 0 bridgehead atoms. The lowest BCUT2D eigenvalue weighted by molar-refractivity contribution is 0.669. The van der Waals surface area contributed by atoms with E-state index in [1.807, 2.05) is 12.1 Å². The highest BCUT2D eigenvalue weighted by Crippen LogP contribution is 2.42. The summed E-state index contributed by atoms with van der Waals surface area (Å²) < 4.78 is 7.29. The zero-order valence-corrected chi connectivity index (χ0v) is 15.9. The molecule has 1 N–H and O–H groups in total. The van der Waals surface area contributed by atoms with Crippen LogP contribution in [0.5, 0.6) is 0 Å². The quantitative estimate of drug-likeness (QED) is 0.295. The summed E-state index contributed by atoms with van der Waals surface area (Å²) in [7, 11) is 0. The Morgan fingerprint density at radius 2 is 1.44 bits per heavy atom. The van der Waals surface area contributed by atoms with Gasteiger partial charge in [0.15, 0.2) is 0 Å². The van der Waals surface area contributed by atoms with E-state index in [0.717, 1.165) is 37.4 Å². The van der Waals surface area contributed by atoms with Crippen molar-refractivity contribution in [1.82, 2.24) is 4.98 Å². The fourth-order valence-corrected chi connectivity index (χ4v) is 4.36. The number of aromatic nitrogens is 1. The third kappa shape index (κ3) is 2.12. The summed E-state index contributed by atoms with van der Waals surface area (Å²) in [5, 5.41) is 4.77. The molecule has 2 aromatic heterocycles. The number of nitrogens with one attached hydrogen (secondary N) is 1. The fraction of sp³-hybridized carbons (Fsp3) is 0. The smallest absolute Gasteiger partial charge is 0.138 e. The van der Waals surface area contributed by atoms with Gasteiger partial charge in [0, 0.05) is 26.1 Å². The molecule has 3 heteroatoms. The van der Waals surface area contributed by atoms with Crippen molar-refractivity contribution in [3.63, 3.8) is 0 Å². The molecule has 0 unspecified atom stereocenters. The number of aromatic amines is 1. The first kappa shape index (κ1) is 15.1. The molecular weight excluding hydrogens is 398 g/mol. The fourth-order valence-electron chi connectivity index (χ4n) is 4.09. The van der Waals surface area contributed by atoms with E-state index < -0.39 is 0 Å². The molecule has 0 saturated heterocycles. The summed E-state index contributed by atoms with van der Waals surface area (Å²) in [6.45, 7) is 0. The van der Waals surface area contributed by atoms with Gasteiger partial charge in [0.05, 0.1) is 10.9 Å². The van der Waals surface area contributed by atoms with Crippen LogP contribution in [0.15, 0.2) is 87.8 Å². The van der Waals surface area contributed by atoms with E-state index in [1.54, 1.807) is 0 Å². The summed E-state index contributed by atoms with van der Waals surface area (Å²) in [5.41, 5.74) is 6.46. The Labute approximate surface area is 163 Å². The first-order chi connectivity index (χ1) is 13.3. The Morgan fingerprint density at radius 3 is 2.30 bits per heavy atom. The Bertz CT molecular complexity index is 1470. The summed E-state index contributed by atoms with van der Waals surface area (Å²) in [6.07, 6.45) is 0. The number of hydrogen-bond donors (Lipinski definition) is 1. The molecule has 0 aliphatic rings. The van der Waals surface area contributed by atoms with Crippen LogP contribution >= 0.6 is 15.9 Å². The van der Waals surface area contributed by atoms with E-state index in [2.05, 4.69) is 87.6 Å². The minimum absolute atomic E-state index is 0.910. The minimum Gasteiger partial charge on any atom is -0.456 e.